The number of pyridine rings is 1. The van der Waals surface area contributed by atoms with Crippen molar-refractivity contribution in [1.29, 1.82) is 0 Å². The number of hydrogen-bond acceptors (Lipinski definition) is 4. The number of aromatic nitrogens is 2. The lowest BCUT2D eigenvalue weighted by molar-refractivity contribution is 0.408. The van der Waals surface area contributed by atoms with Crippen LogP contribution in [0.1, 0.15) is 11.5 Å². The summed E-state index contributed by atoms with van der Waals surface area (Å²) < 4.78 is 11.8. The van der Waals surface area contributed by atoms with Crippen LogP contribution in [0.4, 0.5) is 0 Å². The minimum atomic E-state index is 0.634. The van der Waals surface area contributed by atoms with Gasteiger partial charge in [-0.1, -0.05) is 18.2 Å². The third kappa shape index (κ3) is 2.67. The molecule has 4 nitrogen and oxygen atoms in total. The summed E-state index contributed by atoms with van der Waals surface area (Å²) in [4.78, 5) is 8.67. The molecule has 3 rings (SSSR count). The molecule has 0 amide bonds. The third-order valence-electron chi connectivity index (χ3n) is 3.06. The third-order valence-corrected chi connectivity index (χ3v) is 3.51. The Hall–Kier alpha value is -1.88. The molecule has 0 atom stereocenters. The Bertz CT molecular complexity index is 740. The van der Waals surface area contributed by atoms with E-state index in [0.29, 0.717) is 23.5 Å². The molecule has 0 unspecified atom stereocenters. The van der Waals surface area contributed by atoms with Crippen LogP contribution in [-0.4, -0.2) is 17.1 Å². The zero-order chi connectivity index (χ0) is 13.9. The van der Waals surface area contributed by atoms with Gasteiger partial charge in [0.15, 0.2) is 17.1 Å². The minimum Gasteiger partial charge on any atom is -0.496 e. The van der Waals surface area contributed by atoms with E-state index in [1.54, 1.807) is 7.11 Å². The molecule has 0 N–H and O–H groups in total. The normalized spacial score (nSPS) is 10.9. The zero-order valence-corrected chi connectivity index (χ0v) is 12.6. The first kappa shape index (κ1) is 13.1. The Labute approximate surface area is 124 Å². The van der Waals surface area contributed by atoms with Crippen LogP contribution < -0.4 is 4.74 Å². The smallest absolute Gasteiger partial charge is 0.199 e. The van der Waals surface area contributed by atoms with Gasteiger partial charge < -0.3 is 9.15 Å². The van der Waals surface area contributed by atoms with E-state index in [-0.39, 0.29) is 0 Å². The Morgan fingerprint density at radius 1 is 1.10 bits per heavy atom. The number of hydrogen-bond donors (Lipinski definition) is 0. The standard InChI is InChI=1S/C15H13BrN2O2/c1-19-11-5-3-2-4-10(11)6-9-14-18-15-12(20-14)7-8-13(16)17-15/h2-5,7-8H,6,9H2,1H3. The monoisotopic (exact) mass is 332 g/mol. The summed E-state index contributed by atoms with van der Waals surface area (Å²) in [5.74, 6) is 1.58. The van der Waals surface area contributed by atoms with Crippen LogP contribution in [0.2, 0.25) is 0 Å². The van der Waals surface area contributed by atoms with E-state index in [4.69, 9.17) is 9.15 Å². The van der Waals surface area contributed by atoms with Crippen LogP contribution in [-0.2, 0) is 12.8 Å². The average molecular weight is 333 g/mol. The van der Waals surface area contributed by atoms with Crippen molar-refractivity contribution in [3.63, 3.8) is 0 Å². The lowest BCUT2D eigenvalue weighted by Gasteiger charge is -2.06. The Morgan fingerprint density at radius 3 is 2.80 bits per heavy atom. The lowest BCUT2D eigenvalue weighted by atomic mass is 10.1. The van der Waals surface area contributed by atoms with Crippen LogP contribution in [0.3, 0.4) is 0 Å². The summed E-state index contributed by atoms with van der Waals surface area (Å²) in [5, 5.41) is 0. The number of fused-ring (bicyclic) bond motifs is 1. The van der Waals surface area contributed by atoms with Crippen molar-refractivity contribution in [2.75, 3.05) is 7.11 Å². The highest BCUT2D eigenvalue weighted by molar-refractivity contribution is 9.10. The molecule has 0 aliphatic carbocycles. The topological polar surface area (TPSA) is 48.2 Å². The summed E-state index contributed by atoms with van der Waals surface area (Å²) in [6, 6.07) is 11.7. The van der Waals surface area contributed by atoms with E-state index >= 15 is 0 Å². The molecule has 3 aromatic rings. The summed E-state index contributed by atoms with van der Waals surface area (Å²) in [7, 11) is 1.68. The van der Waals surface area contributed by atoms with E-state index in [1.165, 1.54) is 0 Å². The van der Waals surface area contributed by atoms with Crippen LogP contribution in [0.25, 0.3) is 11.2 Å². The molecule has 2 heterocycles. The second-order valence-corrected chi connectivity index (χ2v) is 5.19. The second-order valence-electron chi connectivity index (χ2n) is 4.38. The summed E-state index contributed by atoms with van der Waals surface area (Å²) >= 11 is 3.33. The van der Waals surface area contributed by atoms with Gasteiger partial charge >= 0.3 is 0 Å². The number of nitrogens with zero attached hydrogens (tertiary/aromatic N) is 2. The first-order chi connectivity index (χ1) is 9.76. The molecule has 0 aliphatic heterocycles. The van der Waals surface area contributed by atoms with Gasteiger partial charge in [-0.15, -0.1) is 0 Å². The lowest BCUT2D eigenvalue weighted by Crippen LogP contribution is -1.95. The quantitative estimate of drug-likeness (QED) is 0.682. The number of aryl methyl sites for hydroxylation is 2. The number of para-hydroxylation sites is 1. The molecule has 0 radical (unpaired) electrons. The average Bonchev–Trinajstić information content (AvgIpc) is 2.87. The molecule has 102 valence electrons. The molecule has 0 fully saturated rings. The Morgan fingerprint density at radius 2 is 1.95 bits per heavy atom. The fourth-order valence-corrected chi connectivity index (χ4v) is 2.40. The molecule has 20 heavy (non-hydrogen) atoms. The van der Waals surface area contributed by atoms with Gasteiger partial charge in [-0.25, -0.2) is 4.98 Å². The van der Waals surface area contributed by atoms with Gasteiger partial charge in [-0.05, 0) is 46.1 Å². The Balaban J connectivity index is 1.79. The highest BCUT2D eigenvalue weighted by Gasteiger charge is 2.09. The highest BCUT2D eigenvalue weighted by atomic mass is 79.9. The van der Waals surface area contributed by atoms with Gasteiger partial charge in [0.1, 0.15) is 10.4 Å². The van der Waals surface area contributed by atoms with Gasteiger partial charge in [-0.2, -0.15) is 4.98 Å². The highest BCUT2D eigenvalue weighted by Crippen LogP contribution is 2.21. The molecule has 2 aromatic heterocycles. The van der Waals surface area contributed by atoms with Crippen LogP contribution in [0.15, 0.2) is 45.4 Å². The molecule has 0 saturated heterocycles. The van der Waals surface area contributed by atoms with Crippen molar-refractivity contribution in [1.82, 2.24) is 9.97 Å². The van der Waals surface area contributed by atoms with E-state index in [2.05, 4.69) is 32.0 Å². The molecule has 1 aromatic carbocycles. The van der Waals surface area contributed by atoms with Crippen molar-refractivity contribution in [2.45, 2.75) is 12.8 Å². The predicted molar refractivity (Wildman–Crippen MR) is 79.9 cm³/mol. The summed E-state index contributed by atoms with van der Waals surface area (Å²) in [6.07, 6.45) is 1.53. The van der Waals surface area contributed by atoms with Crippen molar-refractivity contribution in [3.8, 4) is 5.75 Å². The molecule has 5 heteroatoms. The summed E-state index contributed by atoms with van der Waals surface area (Å²) in [6.45, 7) is 0. The number of benzene rings is 1. The second kappa shape index (κ2) is 5.63. The largest absolute Gasteiger partial charge is 0.496 e. The minimum absolute atomic E-state index is 0.634. The van der Waals surface area contributed by atoms with Crippen molar-refractivity contribution in [2.24, 2.45) is 0 Å². The fourth-order valence-electron chi connectivity index (χ4n) is 2.10. The molecule has 0 saturated carbocycles. The SMILES string of the molecule is COc1ccccc1CCc1nc2nc(Br)ccc2o1. The number of oxazole rings is 1. The van der Waals surface area contributed by atoms with Crippen molar-refractivity contribution < 1.29 is 9.15 Å². The number of methoxy groups -OCH3 is 1. The maximum absolute atomic E-state index is 5.68. The van der Waals surface area contributed by atoms with Crippen LogP contribution in [0.5, 0.6) is 5.75 Å². The Kier molecular flexibility index (Phi) is 3.69. The van der Waals surface area contributed by atoms with E-state index in [0.717, 1.165) is 22.3 Å². The first-order valence-corrected chi connectivity index (χ1v) is 7.09. The maximum atomic E-state index is 5.68. The summed E-state index contributed by atoms with van der Waals surface area (Å²) in [5.41, 5.74) is 2.49. The van der Waals surface area contributed by atoms with Crippen LogP contribution in [0, 0.1) is 0 Å². The number of halogens is 1. The molecule has 0 bridgehead atoms. The van der Waals surface area contributed by atoms with Gasteiger partial charge in [0.2, 0.25) is 0 Å². The fraction of sp³-hybridized carbons (Fsp3) is 0.200. The van der Waals surface area contributed by atoms with Crippen molar-refractivity contribution >= 4 is 27.2 Å². The van der Waals surface area contributed by atoms with Gasteiger partial charge in [0, 0.05) is 6.42 Å². The van der Waals surface area contributed by atoms with Crippen molar-refractivity contribution in [3.05, 3.63) is 52.5 Å². The van der Waals surface area contributed by atoms with E-state index in [1.807, 2.05) is 30.3 Å². The predicted octanol–water partition coefficient (Wildman–Crippen LogP) is 3.78. The maximum Gasteiger partial charge on any atom is 0.199 e. The first-order valence-electron chi connectivity index (χ1n) is 6.30. The zero-order valence-electron chi connectivity index (χ0n) is 11.0. The molecule has 0 spiro atoms. The van der Waals surface area contributed by atoms with Crippen LogP contribution >= 0.6 is 15.9 Å². The van der Waals surface area contributed by atoms with Gasteiger partial charge in [0.05, 0.1) is 7.11 Å². The van der Waals surface area contributed by atoms with E-state index < -0.39 is 0 Å². The number of rotatable bonds is 4. The van der Waals surface area contributed by atoms with Gasteiger partial charge in [-0.3, -0.25) is 0 Å². The molecular weight excluding hydrogens is 320 g/mol. The number of ether oxygens (including phenoxy) is 1. The molecular formula is C15H13BrN2O2. The van der Waals surface area contributed by atoms with Gasteiger partial charge in [0.25, 0.3) is 0 Å². The molecule has 0 aliphatic rings. The van der Waals surface area contributed by atoms with E-state index in [9.17, 15) is 0 Å².